The Morgan fingerprint density at radius 2 is 2.24 bits per heavy atom. The predicted molar refractivity (Wildman–Crippen MR) is 65.9 cm³/mol. The summed E-state index contributed by atoms with van der Waals surface area (Å²) < 4.78 is 21.6. The topological polar surface area (TPSA) is 92.5 Å². The monoisotopic (exact) mass is 263 g/mol. The second-order valence-electron chi connectivity index (χ2n) is 4.30. The first-order valence-corrected chi connectivity index (χ1v) is 7.68. The first-order chi connectivity index (χ1) is 7.94. The molecule has 0 aliphatic carbocycles. The van der Waals surface area contributed by atoms with Crippen LogP contribution in [0.4, 0.5) is 0 Å². The highest BCUT2D eigenvalue weighted by Crippen LogP contribution is 2.12. The molecule has 1 aliphatic rings. The van der Waals surface area contributed by atoms with E-state index in [1.807, 2.05) is 6.92 Å². The Bertz CT molecular complexity index is 354. The van der Waals surface area contributed by atoms with Gasteiger partial charge in [0.15, 0.2) is 0 Å². The zero-order chi connectivity index (χ0) is 12.9. The zero-order valence-electron chi connectivity index (χ0n) is 10.2. The lowest BCUT2D eigenvalue weighted by molar-refractivity contribution is -0.135. The number of amides is 1. The second-order valence-corrected chi connectivity index (χ2v) is 6.03. The van der Waals surface area contributed by atoms with Crippen molar-refractivity contribution in [2.45, 2.75) is 32.2 Å². The lowest BCUT2D eigenvalue weighted by Crippen LogP contribution is -2.51. The number of hydrogen-bond donors (Lipinski definition) is 2. The number of rotatable bonds is 6. The van der Waals surface area contributed by atoms with Gasteiger partial charge in [0.1, 0.15) is 0 Å². The van der Waals surface area contributed by atoms with Crippen LogP contribution in [0.25, 0.3) is 0 Å². The van der Waals surface area contributed by atoms with Gasteiger partial charge in [0, 0.05) is 13.1 Å². The number of likely N-dealkylation sites (N-methyl/N-ethyl adjacent to an activating group) is 1. The van der Waals surface area contributed by atoms with Gasteiger partial charge in [-0.1, -0.05) is 6.92 Å². The van der Waals surface area contributed by atoms with E-state index in [9.17, 15) is 13.2 Å². The Kier molecular flexibility index (Phi) is 5.35. The van der Waals surface area contributed by atoms with Crippen LogP contribution in [0.2, 0.25) is 0 Å². The van der Waals surface area contributed by atoms with E-state index in [0.29, 0.717) is 19.5 Å². The van der Waals surface area contributed by atoms with Gasteiger partial charge in [-0.05, 0) is 25.8 Å². The summed E-state index contributed by atoms with van der Waals surface area (Å²) in [6.07, 6.45) is 2.22. The smallest absolute Gasteiger partial charge is 0.239 e. The minimum absolute atomic E-state index is 0.0668. The van der Waals surface area contributed by atoms with Gasteiger partial charge in [-0.15, -0.1) is 0 Å². The molecule has 0 aromatic rings. The third-order valence-electron chi connectivity index (χ3n) is 2.84. The number of carbonyl (C=O) groups is 1. The average Bonchev–Trinajstić information content (AvgIpc) is 2.22. The van der Waals surface area contributed by atoms with Gasteiger partial charge < -0.3 is 10.2 Å². The molecule has 1 unspecified atom stereocenters. The van der Waals surface area contributed by atoms with E-state index in [-0.39, 0.29) is 17.7 Å². The molecule has 6 nitrogen and oxygen atoms in total. The van der Waals surface area contributed by atoms with Gasteiger partial charge in [0.25, 0.3) is 0 Å². The summed E-state index contributed by atoms with van der Waals surface area (Å²) in [4.78, 5) is 13.7. The van der Waals surface area contributed by atoms with E-state index in [0.717, 1.165) is 19.4 Å². The maximum atomic E-state index is 12.0. The number of piperidine rings is 1. The molecular formula is C10H21N3O3S. The van der Waals surface area contributed by atoms with Crippen LogP contribution in [-0.4, -0.2) is 50.7 Å². The summed E-state index contributed by atoms with van der Waals surface area (Å²) in [6, 6.07) is -0.108. The zero-order valence-corrected chi connectivity index (χ0v) is 11.0. The van der Waals surface area contributed by atoms with Crippen molar-refractivity contribution in [3.8, 4) is 0 Å². The highest BCUT2D eigenvalue weighted by atomic mass is 32.2. The number of primary sulfonamides is 1. The van der Waals surface area contributed by atoms with Crippen molar-refractivity contribution in [3.63, 3.8) is 0 Å². The van der Waals surface area contributed by atoms with Crippen LogP contribution in [0.5, 0.6) is 0 Å². The highest BCUT2D eigenvalue weighted by molar-refractivity contribution is 7.89. The largest absolute Gasteiger partial charge is 0.341 e. The van der Waals surface area contributed by atoms with Crippen LogP contribution in [0.1, 0.15) is 26.2 Å². The molecule has 1 amide bonds. The van der Waals surface area contributed by atoms with Crippen molar-refractivity contribution in [2.75, 3.05) is 25.4 Å². The lowest BCUT2D eigenvalue weighted by atomic mass is 10.0. The summed E-state index contributed by atoms with van der Waals surface area (Å²) in [7, 11) is -3.42. The fourth-order valence-electron chi connectivity index (χ4n) is 2.05. The third kappa shape index (κ3) is 5.01. The van der Waals surface area contributed by atoms with Gasteiger partial charge >= 0.3 is 0 Å². The molecule has 100 valence electrons. The second kappa shape index (κ2) is 6.32. The first kappa shape index (κ1) is 14.4. The number of likely N-dealkylation sites (tertiary alicyclic amines) is 1. The molecule has 3 N–H and O–H groups in total. The molecule has 1 saturated heterocycles. The van der Waals surface area contributed by atoms with Gasteiger partial charge in [0.05, 0.1) is 11.8 Å². The molecule has 1 aliphatic heterocycles. The molecule has 0 spiro atoms. The molecule has 1 rings (SSSR count). The molecule has 0 radical (unpaired) electrons. The Morgan fingerprint density at radius 3 is 2.82 bits per heavy atom. The third-order valence-corrected chi connectivity index (χ3v) is 3.70. The minimum Gasteiger partial charge on any atom is -0.341 e. The van der Waals surface area contributed by atoms with Crippen molar-refractivity contribution in [1.82, 2.24) is 10.2 Å². The molecule has 17 heavy (non-hydrogen) atoms. The van der Waals surface area contributed by atoms with Gasteiger partial charge in [-0.25, -0.2) is 13.6 Å². The van der Waals surface area contributed by atoms with E-state index in [4.69, 9.17) is 5.14 Å². The summed E-state index contributed by atoms with van der Waals surface area (Å²) in [6.45, 7) is 3.91. The highest BCUT2D eigenvalue weighted by Gasteiger charge is 2.27. The van der Waals surface area contributed by atoms with Crippen LogP contribution in [0.3, 0.4) is 0 Å². The van der Waals surface area contributed by atoms with Crippen molar-refractivity contribution in [1.29, 1.82) is 0 Å². The van der Waals surface area contributed by atoms with E-state index < -0.39 is 10.0 Å². The standard InChI is InChI=1S/C10H21N3O3S/c1-2-12-9-5-3-6-13(10(9)14)7-4-8-17(11,15)16/h9,12H,2-8H2,1H3,(H2,11,15,16). The van der Waals surface area contributed by atoms with E-state index >= 15 is 0 Å². The van der Waals surface area contributed by atoms with Crippen molar-refractivity contribution in [2.24, 2.45) is 5.14 Å². The Hall–Kier alpha value is -0.660. The van der Waals surface area contributed by atoms with Crippen LogP contribution < -0.4 is 10.5 Å². The quantitative estimate of drug-likeness (QED) is 0.660. The molecule has 0 saturated carbocycles. The molecule has 7 heteroatoms. The van der Waals surface area contributed by atoms with Gasteiger partial charge in [0.2, 0.25) is 15.9 Å². The van der Waals surface area contributed by atoms with Gasteiger partial charge in [-0.2, -0.15) is 0 Å². The minimum atomic E-state index is -3.42. The molecule has 0 aromatic carbocycles. The van der Waals surface area contributed by atoms with Crippen LogP contribution in [-0.2, 0) is 14.8 Å². The number of nitrogens with zero attached hydrogens (tertiary/aromatic N) is 1. The van der Waals surface area contributed by atoms with E-state index in [1.54, 1.807) is 4.90 Å². The van der Waals surface area contributed by atoms with Crippen LogP contribution in [0, 0.1) is 0 Å². The normalized spacial score (nSPS) is 21.9. The summed E-state index contributed by atoms with van der Waals surface area (Å²) in [5.74, 6) is 0.00959. The van der Waals surface area contributed by atoms with E-state index in [2.05, 4.69) is 5.32 Å². The Morgan fingerprint density at radius 1 is 1.53 bits per heavy atom. The Balaban J connectivity index is 2.40. The fraction of sp³-hybridized carbons (Fsp3) is 0.900. The number of carbonyl (C=O) groups excluding carboxylic acids is 1. The Labute approximate surface area is 103 Å². The molecule has 1 atom stereocenters. The maximum Gasteiger partial charge on any atom is 0.239 e. The summed E-state index contributed by atoms with van der Waals surface area (Å²) in [5.41, 5.74) is 0. The molecule has 0 bridgehead atoms. The lowest BCUT2D eigenvalue weighted by Gasteiger charge is -2.32. The van der Waals surface area contributed by atoms with E-state index in [1.165, 1.54) is 0 Å². The average molecular weight is 263 g/mol. The summed E-state index contributed by atoms with van der Waals surface area (Å²) in [5, 5.41) is 8.05. The maximum absolute atomic E-state index is 12.0. The molecular weight excluding hydrogens is 242 g/mol. The van der Waals surface area contributed by atoms with Crippen molar-refractivity contribution >= 4 is 15.9 Å². The van der Waals surface area contributed by atoms with Crippen LogP contribution in [0.15, 0.2) is 0 Å². The molecule has 0 aromatic heterocycles. The van der Waals surface area contributed by atoms with Crippen LogP contribution >= 0.6 is 0 Å². The summed E-state index contributed by atoms with van der Waals surface area (Å²) >= 11 is 0. The number of nitrogens with two attached hydrogens (primary N) is 1. The number of sulfonamides is 1. The molecule has 1 heterocycles. The fourth-order valence-corrected chi connectivity index (χ4v) is 2.59. The SMILES string of the molecule is CCNC1CCCN(CCCS(N)(=O)=O)C1=O. The predicted octanol–water partition coefficient (Wildman–Crippen LogP) is -0.734. The van der Waals surface area contributed by atoms with Crippen molar-refractivity contribution in [3.05, 3.63) is 0 Å². The number of hydrogen-bond acceptors (Lipinski definition) is 4. The first-order valence-electron chi connectivity index (χ1n) is 5.96. The van der Waals surface area contributed by atoms with Crippen molar-refractivity contribution < 1.29 is 13.2 Å². The number of nitrogens with one attached hydrogen (secondary N) is 1. The van der Waals surface area contributed by atoms with Gasteiger partial charge in [-0.3, -0.25) is 4.79 Å². The molecule has 1 fully saturated rings.